The zero-order chi connectivity index (χ0) is 16.7. The molecule has 0 saturated carbocycles. The molecule has 0 bridgehead atoms. The SMILES string of the molecule is CCNC(=NCc1ncccc1C)NCCc1nc(C)c(C)s1. The Morgan fingerprint density at radius 2 is 2.09 bits per heavy atom. The summed E-state index contributed by atoms with van der Waals surface area (Å²) in [7, 11) is 0. The lowest BCUT2D eigenvalue weighted by molar-refractivity contribution is 0.792. The number of nitrogens with one attached hydrogen (secondary N) is 2. The highest BCUT2D eigenvalue weighted by molar-refractivity contribution is 7.11. The van der Waals surface area contributed by atoms with Crippen LogP contribution in [0.25, 0.3) is 0 Å². The topological polar surface area (TPSA) is 62.2 Å². The van der Waals surface area contributed by atoms with Gasteiger partial charge in [-0.1, -0.05) is 6.07 Å². The molecule has 2 rings (SSSR count). The van der Waals surface area contributed by atoms with Gasteiger partial charge in [0.2, 0.25) is 0 Å². The number of aliphatic imine (C=N–C) groups is 1. The van der Waals surface area contributed by atoms with Gasteiger partial charge in [-0.25, -0.2) is 9.98 Å². The second-order valence-corrected chi connectivity index (χ2v) is 6.68. The van der Waals surface area contributed by atoms with Crippen molar-refractivity contribution in [2.45, 2.75) is 40.7 Å². The van der Waals surface area contributed by atoms with E-state index in [1.165, 1.54) is 15.4 Å². The molecule has 0 atom stereocenters. The van der Waals surface area contributed by atoms with Gasteiger partial charge in [0.05, 0.1) is 22.9 Å². The number of thiazole rings is 1. The Bertz CT molecular complexity index is 643. The lowest BCUT2D eigenvalue weighted by atomic mass is 10.2. The van der Waals surface area contributed by atoms with Crippen LogP contribution in [0.2, 0.25) is 0 Å². The van der Waals surface area contributed by atoms with Crippen LogP contribution in [0, 0.1) is 20.8 Å². The van der Waals surface area contributed by atoms with Crippen LogP contribution in [0.4, 0.5) is 0 Å². The molecule has 2 aromatic heterocycles. The number of hydrogen-bond acceptors (Lipinski definition) is 4. The maximum Gasteiger partial charge on any atom is 0.191 e. The molecule has 0 aliphatic rings. The van der Waals surface area contributed by atoms with Crippen molar-refractivity contribution in [3.05, 3.63) is 45.2 Å². The summed E-state index contributed by atoms with van der Waals surface area (Å²) in [4.78, 5) is 14.9. The van der Waals surface area contributed by atoms with Crippen LogP contribution >= 0.6 is 11.3 Å². The molecule has 124 valence electrons. The van der Waals surface area contributed by atoms with Gasteiger partial charge >= 0.3 is 0 Å². The van der Waals surface area contributed by atoms with Gasteiger partial charge in [-0.15, -0.1) is 11.3 Å². The van der Waals surface area contributed by atoms with Gasteiger partial charge in [-0.05, 0) is 39.3 Å². The first-order chi connectivity index (χ1) is 11.1. The molecule has 0 saturated heterocycles. The second kappa shape index (κ2) is 8.62. The predicted molar refractivity (Wildman–Crippen MR) is 97.1 cm³/mol. The van der Waals surface area contributed by atoms with Crippen molar-refractivity contribution in [1.82, 2.24) is 20.6 Å². The van der Waals surface area contributed by atoms with Crippen molar-refractivity contribution in [1.29, 1.82) is 0 Å². The minimum Gasteiger partial charge on any atom is -0.357 e. The van der Waals surface area contributed by atoms with Gasteiger partial charge < -0.3 is 10.6 Å². The summed E-state index contributed by atoms with van der Waals surface area (Å²) in [6, 6.07) is 4.01. The minimum atomic E-state index is 0.581. The molecule has 5 nitrogen and oxygen atoms in total. The molecule has 0 radical (unpaired) electrons. The second-order valence-electron chi connectivity index (χ2n) is 5.39. The Balaban J connectivity index is 1.90. The third-order valence-electron chi connectivity index (χ3n) is 3.55. The Hall–Kier alpha value is -1.95. The van der Waals surface area contributed by atoms with Crippen LogP contribution in [-0.2, 0) is 13.0 Å². The Morgan fingerprint density at radius 1 is 1.26 bits per heavy atom. The molecule has 6 heteroatoms. The van der Waals surface area contributed by atoms with Crippen LogP contribution in [0.3, 0.4) is 0 Å². The summed E-state index contributed by atoms with van der Waals surface area (Å²) >= 11 is 1.77. The largest absolute Gasteiger partial charge is 0.357 e. The van der Waals surface area contributed by atoms with E-state index in [2.05, 4.69) is 59.4 Å². The lowest BCUT2D eigenvalue weighted by Crippen LogP contribution is -2.38. The molecular weight excluding hydrogens is 306 g/mol. The minimum absolute atomic E-state index is 0.581. The third kappa shape index (κ3) is 5.32. The molecule has 0 unspecified atom stereocenters. The maximum atomic E-state index is 4.61. The summed E-state index contributed by atoms with van der Waals surface area (Å²) in [6.07, 6.45) is 2.72. The highest BCUT2D eigenvalue weighted by Crippen LogP contribution is 2.16. The summed E-state index contributed by atoms with van der Waals surface area (Å²) in [5.41, 5.74) is 3.31. The molecule has 23 heavy (non-hydrogen) atoms. The van der Waals surface area contributed by atoms with Crippen molar-refractivity contribution in [3.63, 3.8) is 0 Å². The molecule has 0 spiro atoms. The summed E-state index contributed by atoms with van der Waals surface area (Å²) < 4.78 is 0. The van der Waals surface area contributed by atoms with E-state index in [0.717, 1.165) is 36.9 Å². The van der Waals surface area contributed by atoms with Gasteiger partial charge in [-0.2, -0.15) is 0 Å². The average Bonchev–Trinajstić information content (AvgIpc) is 2.84. The average molecular weight is 331 g/mol. The quantitative estimate of drug-likeness (QED) is 0.631. The number of pyridine rings is 1. The summed E-state index contributed by atoms with van der Waals surface area (Å²) in [6.45, 7) is 10.5. The smallest absolute Gasteiger partial charge is 0.191 e. The molecule has 0 fully saturated rings. The van der Waals surface area contributed by atoms with E-state index < -0.39 is 0 Å². The Morgan fingerprint density at radius 3 is 2.74 bits per heavy atom. The van der Waals surface area contributed by atoms with E-state index in [-0.39, 0.29) is 0 Å². The van der Waals surface area contributed by atoms with Crippen LogP contribution in [0.15, 0.2) is 23.3 Å². The Labute approximate surface area is 142 Å². The van der Waals surface area contributed by atoms with E-state index >= 15 is 0 Å². The van der Waals surface area contributed by atoms with Crippen LogP contribution < -0.4 is 10.6 Å². The highest BCUT2D eigenvalue weighted by Gasteiger charge is 2.04. The fourth-order valence-corrected chi connectivity index (χ4v) is 3.05. The van der Waals surface area contributed by atoms with Crippen molar-refractivity contribution < 1.29 is 0 Å². The third-order valence-corrected chi connectivity index (χ3v) is 4.69. The van der Waals surface area contributed by atoms with Crippen molar-refractivity contribution >= 4 is 17.3 Å². The maximum absolute atomic E-state index is 4.61. The Kier molecular flexibility index (Phi) is 6.52. The molecule has 0 amide bonds. The first kappa shape index (κ1) is 17.4. The number of hydrogen-bond donors (Lipinski definition) is 2. The lowest BCUT2D eigenvalue weighted by Gasteiger charge is -2.11. The van der Waals surface area contributed by atoms with Gasteiger partial charge in [0, 0.05) is 30.6 Å². The molecule has 2 N–H and O–H groups in total. The van der Waals surface area contributed by atoms with Crippen LogP contribution in [0.1, 0.15) is 33.8 Å². The van der Waals surface area contributed by atoms with Crippen molar-refractivity contribution in [3.8, 4) is 0 Å². The standard InChI is InChI=1S/C17H25N5S/c1-5-18-17(21-11-15-12(2)7-6-9-19-15)20-10-8-16-22-13(3)14(4)23-16/h6-7,9H,5,8,10-11H2,1-4H3,(H2,18,20,21). The molecule has 0 aliphatic carbocycles. The van der Waals surface area contributed by atoms with E-state index in [9.17, 15) is 0 Å². The molecule has 2 aromatic rings. The van der Waals surface area contributed by atoms with E-state index in [4.69, 9.17) is 0 Å². The normalized spacial score (nSPS) is 11.6. The highest BCUT2D eigenvalue weighted by atomic mass is 32.1. The van der Waals surface area contributed by atoms with E-state index in [0.29, 0.717) is 6.54 Å². The number of aromatic nitrogens is 2. The van der Waals surface area contributed by atoms with Crippen molar-refractivity contribution in [2.75, 3.05) is 13.1 Å². The van der Waals surface area contributed by atoms with Gasteiger partial charge in [0.1, 0.15) is 0 Å². The van der Waals surface area contributed by atoms with Gasteiger partial charge in [-0.3, -0.25) is 4.98 Å². The monoisotopic (exact) mass is 331 g/mol. The van der Waals surface area contributed by atoms with Crippen molar-refractivity contribution in [2.24, 2.45) is 4.99 Å². The number of aryl methyl sites for hydroxylation is 3. The zero-order valence-corrected chi connectivity index (χ0v) is 15.1. The predicted octanol–water partition coefficient (Wildman–Crippen LogP) is 2.76. The van der Waals surface area contributed by atoms with E-state index in [1.54, 1.807) is 11.3 Å². The van der Waals surface area contributed by atoms with Crippen LogP contribution in [0.5, 0.6) is 0 Å². The van der Waals surface area contributed by atoms with Gasteiger partial charge in [0.25, 0.3) is 0 Å². The number of guanidine groups is 1. The number of nitrogens with zero attached hydrogens (tertiary/aromatic N) is 3. The van der Waals surface area contributed by atoms with Crippen LogP contribution in [-0.4, -0.2) is 29.0 Å². The first-order valence-electron chi connectivity index (χ1n) is 7.95. The summed E-state index contributed by atoms with van der Waals surface area (Å²) in [5, 5.41) is 7.80. The molecule has 0 aromatic carbocycles. The summed E-state index contributed by atoms with van der Waals surface area (Å²) in [5.74, 6) is 0.822. The van der Waals surface area contributed by atoms with Gasteiger partial charge in [0.15, 0.2) is 5.96 Å². The fraction of sp³-hybridized carbons (Fsp3) is 0.471. The van der Waals surface area contributed by atoms with E-state index in [1.807, 2.05) is 12.3 Å². The fourth-order valence-electron chi connectivity index (χ4n) is 2.11. The zero-order valence-electron chi connectivity index (χ0n) is 14.3. The molecular formula is C17H25N5S. The number of rotatable bonds is 6. The first-order valence-corrected chi connectivity index (χ1v) is 8.77. The molecule has 2 heterocycles. The molecule has 0 aliphatic heterocycles.